The molecular weight excluding hydrogens is 248 g/mol. The summed E-state index contributed by atoms with van der Waals surface area (Å²) in [4.78, 5) is 3.08. The van der Waals surface area contributed by atoms with Crippen molar-refractivity contribution in [3.63, 3.8) is 0 Å². The molecule has 3 rings (SSSR count). The van der Waals surface area contributed by atoms with Gasteiger partial charge in [0.05, 0.1) is 11.9 Å². The molecule has 4 nitrogen and oxygen atoms in total. The van der Waals surface area contributed by atoms with Gasteiger partial charge in [0.1, 0.15) is 11.8 Å². The Morgan fingerprint density at radius 2 is 1.80 bits per heavy atom. The zero-order chi connectivity index (χ0) is 13.8. The molecule has 0 saturated heterocycles. The summed E-state index contributed by atoms with van der Waals surface area (Å²) in [6.45, 7) is 0. The minimum atomic E-state index is 0.518. The van der Waals surface area contributed by atoms with Crippen LogP contribution in [0.5, 0.6) is 0 Å². The number of rotatable bonds is 3. The van der Waals surface area contributed by atoms with Crippen molar-refractivity contribution in [3.8, 4) is 6.07 Å². The predicted octanol–water partition coefficient (Wildman–Crippen LogP) is 3.49. The van der Waals surface area contributed by atoms with Crippen LogP contribution in [-0.4, -0.2) is 11.2 Å². The third kappa shape index (κ3) is 2.25. The lowest BCUT2D eigenvalue weighted by atomic mass is 10.1. The second-order valence-corrected chi connectivity index (χ2v) is 4.31. The van der Waals surface area contributed by atoms with Crippen molar-refractivity contribution in [1.82, 2.24) is 4.98 Å². The number of fused-ring (bicyclic) bond motifs is 1. The van der Waals surface area contributed by atoms with Crippen LogP contribution in [0, 0.1) is 11.3 Å². The Labute approximate surface area is 116 Å². The topological polar surface area (TPSA) is 64.0 Å². The summed E-state index contributed by atoms with van der Waals surface area (Å²) in [5, 5.41) is 14.4. The first kappa shape index (κ1) is 12.0. The number of aromatic nitrogens is 1. The zero-order valence-corrected chi connectivity index (χ0v) is 10.7. The molecule has 0 atom stereocenters. The lowest BCUT2D eigenvalue weighted by molar-refractivity contribution is 1.34. The number of anilines is 1. The molecule has 0 saturated carbocycles. The number of nitrogens with one attached hydrogen (secondary N) is 2. The molecule has 0 spiro atoms. The molecule has 2 aromatic carbocycles. The first-order chi connectivity index (χ1) is 9.88. The standard InChI is InChI=1S/C16H12N4/c17-10-16-14(13-8-4-5-9-15(13)19-16)11-18-20-12-6-2-1-3-7-12/h1-9,11,19-20H/b18-11+. The second kappa shape index (κ2) is 5.29. The van der Waals surface area contributed by atoms with E-state index in [0.717, 1.165) is 22.2 Å². The van der Waals surface area contributed by atoms with Gasteiger partial charge in [-0.1, -0.05) is 36.4 Å². The van der Waals surface area contributed by atoms with Gasteiger partial charge >= 0.3 is 0 Å². The number of hydrogen-bond donors (Lipinski definition) is 2. The van der Waals surface area contributed by atoms with E-state index in [4.69, 9.17) is 0 Å². The quantitative estimate of drug-likeness (QED) is 0.559. The summed E-state index contributed by atoms with van der Waals surface area (Å²) in [7, 11) is 0. The van der Waals surface area contributed by atoms with E-state index >= 15 is 0 Å². The number of para-hydroxylation sites is 2. The molecule has 0 unspecified atom stereocenters. The maximum atomic E-state index is 9.17. The smallest absolute Gasteiger partial charge is 0.127 e. The third-order valence-electron chi connectivity index (χ3n) is 3.02. The van der Waals surface area contributed by atoms with Crippen LogP contribution in [0.15, 0.2) is 59.7 Å². The molecule has 0 aliphatic rings. The van der Waals surface area contributed by atoms with Gasteiger partial charge in [-0.05, 0) is 18.2 Å². The Hall–Kier alpha value is -3.06. The first-order valence-electron chi connectivity index (χ1n) is 6.23. The van der Waals surface area contributed by atoms with Crippen molar-refractivity contribution in [1.29, 1.82) is 5.26 Å². The predicted molar refractivity (Wildman–Crippen MR) is 80.7 cm³/mol. The Kier molecular flexibility index (Phi) is 3.17. The molecule has 0 amide bonds. The Balaban J connectivity index is 1.92. The molecule has 96 valence electrons. The maximum Gasteiger partial charge on any atom is 0.127 e. The molecule has 0 radical (unpaired) electrons. The number of nitriles is 1. The highest BCUT2D eigenvalue weighted by molar-refractivity contribution is 6.01. The van der Waals surface area contributed by atoms with Gasteiger partial charge < -0.3 is 4.98 Å². The first-order valence-corrected chi connectivity index (χ1v) is 6.23. The van der Waals surface area contributed by atoms with Crippen molar-refractivity contribution in [2.24, 2.45) is 5.10 Å². The van der Waals surface area contributed by atoms with Crippen molar-refractivity contribution < 1.29 is 0 Å². The van der Waals surface area contributed by atoms with Gasteiger partial charge in [0.25, 0.3) is 0 Å². The molecule has 0 fully saturated rings. The van der Waals surface area contributed by atoms with Crippen molar-refractivity contribution >= 4 is 22.8 Å². The number of H-pyrrole nitrogens is 1. The van der Waals surface area contributed by atoms with E-state index in [0.29, 0.717) is 5.69 Å². The molecule has 0 aliphatic heterocycles. The van der Waals surface area contributed by atoms with E-state index < -0.39 is 0 Å². The van der Waals surface area contributed by atoms with E-state index in [1.807, 2.05) is 54.6 Å². The molecule has 0 aliphatic carbocycles. The molecule has 1 heterocycles. The van der Waals surface area contributed by atoms with Gasteiger partial charge in [0, 0.05) is 16.5 Å². The highest BCUT2D eigenvalue weighted by atomic mass is 15.3. The van der Waals surface area contributed by atoms with Crippen LogP contribution in [0.3, 0.4) is 0 Å². The molecule has 0 bridgehead atoms. The van der Waals surface area contributed by atoms with Crippen LogP contribution in [0.2, 0.25) is 0 Å². The van der Waals surface area contributed by atoms with Crippen molar-refractivity contribution in [2.75, 3.05) is 5.43 Å². The van der Waals surface area contributed by atoms with E-state index in [2.05, 4.69) is 21.6 Å². The number of aromatic amines is 1. The van der Waals surface area contributed by atoms with Crippen molar-refractivity contribution in [2.45, 2.75) is 0 Å². The van der Waals surface area contributed by atoms with Crippen LogP contribution in [0.4, 0.5) is 5.69 Å². The fraction of sp³-hybridized carbons (Fsp3) is 0. The summed E-state index contributed by atoms with van der Waals surface area (Å²) in [5.74, 6) is 0. The lowest BCUT2D eigenvalue weighted by Crippen LogP contribution is -1.91. The summed E-state index contributed by atoms with van der Waals surface area (Å²) in [6.07, 6.45) is 1.67. The van der Waals surface area contributed by atoms with E-state index in [1.165, 1.54) is 0 Å². The molecule has 2 N–H and O–H groups in total. The van der Waals surface area contributed by atoms with Gasteiger partial charge in [-0.2, -0.15) is 10.4 Å². The molecule has 4 heteroatoms. The van der Waals surface area contributed by atoms with Crippen LogP contribution >= 0.6 is 0 Å². The molecular formula is C16H12N4. The van der Waals surface area contributed by atoms with Gasteiger partial charge in [-0.15, -0.1) is 0 Å². The Morgan fingerprint density at radius 3 is 2.60 bits per heavy atom. The number of nitrogens with zero attached hydrogens (tertiary/aromatic N) is 2. The summed E-state index contributed by atoms with van der Waals surface area (Å²) < 4.78 is 0. The normalized spacial score (nSPS) is 10.8. The second-order valence-electron chi connectivity index (χ2n) is 4.31. The van der Waals surface area contributed by atoms with Gasteiger partial charge in [0.2, 0.25) is 0 Å². The van der Waals surface area contributed by atoms with Gasteiger partial charge in [0.15, 0.2) is 0 Å². The molecule has 3 aromatic rings. The third-order valence-corrected chi connectivity index (χ3v) is 3.02. The van der Waals surface area contributed by atoms with E-state index in [9.17, 15) is 5.26 Å². The average Bonchev–Trinajstić information content (AvgIpc) is 2.87. The molecule has 20 heavy (non-hydrogen) atoms. The maximum absolute atomic E-state index is 9.17. The lowest BCUT2D eigenvalue weighted by Gasteiger charge is -1.98. The van der Waals surface area contributed by atoms with E-state index in [1.54, 1.807) is 6.21 Å². The minimum absolute atomic E-state index is 0.518. The summed E-state index contributed by atoms with van der Waals surface area (Å²) >= 11 is 0. The van der Waals surface area contributed by atoms with E-state index in [-0.39, 0.29) is 0 Å². The average molecular weight is 260 g/mol. The fourth-order valence-corrected chi connectivity index (χ4v) is 2.07. The van der Waals surface area contributed by atoms with Crippen LogP contribution in [0.1, 0.15) is 11.3 Å². The fourth-order valence-electron chi connectivity index (χ4n) is 2.07. The van der Waals surface area contributed by atoms with Crippen LogP contribution < -0.4 is 5.43 Å². The Bertz CT molecular complexity index is 794. The summed E-state index contributed by atoms with van der Waals surface area (Å²) in [6, 6.07) is 19.6. The highest BCUT2D eigenvalue weighted by Gasteiger charge is 2.08. The largest absolute Gasteiger partial charge is 0.346 e. The highest BCUT2D eigenvalue weighted by Crippen LogP contribution is 2.20. The monoisotopic (exact) mass is 260 g/mol. The van der Waals surface area contributed by atoms with Gasteiger partial charge in [-0.3, -0.25) is 5.43 Å². The number of hydrazone groups is 1. The van der Waals surface area contributed by atoms with Gasteiger partial charge in [-0.25, -0.2) is 0 Å². The summed E-state index contributed by atoms with van der Waals surface area (Å²) in [5.41, 5.74) is 6.10. The minimum Gasteiger partial charge on any atom is -0.346 e. The van der Waals surface area contributed by atoms with Crippen LogP contribution in [0.25, 0.3) is 10.9 Å². The van der Waals surface area contributed by atoms with Crippen LogP contribution in [-0.2, 0) is 0 Å². The SMILES string of the molecule is N#Cc1[nH]c2ccccc2c1/C=N/Nc1ccccc1. The zero-order valence-electron chi connectivity index (χ0n) is 10.7. The number of hydrogen-bond acceptors (Lipinski definition) is 3. The Morgan fingerprint density at radius 1 is 1.05 bits per heavy atom. The number of benzene rings is 2. The molecule has 1 aromatic heterocycles. The van der Waals surface area contributed by atoms with Crippen molar-refractivity contribution in [3.05, 3.63) is 65.9 Å².